The minimum atomic E-state index is -0.215. The maximum absolute atomic E-state index is 13.1. The Morgan fingerprint density at radius 3 is 2.18 bits per heavy atom. The highest BCUT2D eigenvalue weighted by Gasteiger charge is 2.38. The Bertz CT molecular complexity index is 1700. The van der Waals surface area contributed by atoms with Gasteiger partial charge in [-0.3, -0.25) is 9.59 Å². The van der Waals surface area contributed by atoms with E-state index in [1.165, 1.54) is 0 Å². The normalized spacial score (nSPS) is 17.2. The molecular weight excluding hydrogens is 652 g/mol. The zero-order chi connectivity index (χ0) is 35.8. The number of aromatic amines is 2. The predicted molar refractivity (Wildman–Crippen MR) is 198 cm³/mol. The summed E-state index contributed by atoms with van der Waals surface area (Å²) in [5.74, 6) is 1.97. The third-order valence-corrected chi connectivity index (χ3v) is 9.91. The summed E-state index contributed by atoms with van der Waals surface area (Å²) in [6.45, 7) is 9.89. The number of rotatable bonds is 16. The van der Waals surface area contributed by atoms with E-state index >= 15 is 0 Å². The number of carbonyl (C=O) groups excluding carboxylic acids is 2. The first-order valence-corrected chi connectivity index (χ1v) is 18.2. The molecule has 0 bridgehead atoms. The number of likely N-dealkylation sites (tertiary alicyclic amines) is 1. The summed E-state index contributed by atoms with van der Waals surface area (Å²) in [5.41, 5.74) is 5.61. The Kier molecular flexibility index (Phi) is 12.9. The minimum Gasteiger partial charge on any atom is -0.384 e. The second-order valence-electron chi connectivity index (χ2n) is 13.2. The van der Waals surface area contributed by atoms with Crippen molar-refractivity contribution < 1.29 is 19.1 Å². The Hall–Kier alpha value is -3.99. The fourth-order valence-electron chi connectivity index (χ4n) is 7.05. The van der Waals surface area contributed by atoms with Gasteiger partial charge < -0.3 is 29.2 Å². The lowest BCUT2D eigenvalue weighted by Crippen LogP contribution is -2.44. The number of nitrogens with zero attached hydrogens (tertiary/aromatic N) is 4. The van der Waals surface area contributed by atoms with E-state index < -0.39 is 0 Å². The topological polar surface area (TPSA) is 116 Å². The van der Waals surface area contributed by atoms with Crippen LogP contribution in [0.5, 0.6) is 0 Å². The van der Waals surface area contributed by atoms with Gasteiger partial charge in [0.15, 0.2) is 0 Å². The second-order valence-corrected chi connectivity index (χ2v) is 13.6. The van der Waals surface area contributed by atoms with Crippen molar-refractivity contribution in [2.24, 2.45) is 5.92 Å². The van der Waals surface area contributed by atoms with Crippen LogP contribution in [0.1, 0.15) is 90.0 Å². The van der Waals surface area contributed by atoms with E-state index in [0.717, 1.165) is 59.5 Å². The predicted octanol–water partition coefficient (Wildman–Crippen LogP) is 8.24. The quantitative estimate of drug-likeness (QED) is 0.122. The van der Waals surface area contributed by atoms with Crippen LogP contribution in [0.15, 0.2) is 54.7 Å². The van der Waals surface area contributed by atoms with Crippen LogP contribution in [0.25, 0.3) is 33.6 Å². The fraction of sp³-hybridized carbons (Fsp3) is 0.487. The molecule has 11 heteroatoms. The number of H-pyrrole nitrogens is 2. The second kappa shape index (κ2) is 17.3. The highest BCUT2D eigenvalue weighted by atomic mass is 35.5. The lowest BCUT2D eigenvalue weighted by molar-refractivity contribution is -0.138. The van der Waals surface area contributed by atoms with Gasteiger partial charge in [-0.2, -0.15) is 0 Å². The molecule has 2 aromatic heterocycles. The van der Waals surface area contributed by atoms with Crippen molar-refractivity contribution in [3.05, 3.63) is 71.5 Å². The van der Waals surface area contributed by atoms with Crippen molar-refractivity contribution in [3.8, 4) is 33.6 Å². The molecule has 0 saturated carbocycles. The number of nitrogens with one attached hydrogen (secondary N) is 2. The highest BCUT2D eigenvalue weighted by Crippen LogP contribution is 2.38. The minimum absolute atomic E-state index is 0.0212. The molecular formula is C39H51ClN6O4. The van der Waals surface area contributed by atoms with Crippen molar-refractivity contribution in [2.45, 2.75) is 84.3 Å². The lowest BCUT2D eigenvalue weighted by atomic mass is 10.0. The number of halogens is 1. The molecule has 2 aromatic carbocycles. The van der Waals surface area contributed by atoms with Crippen LogP contribution in [0.3, 0.4) is 0 Å². The molecule has 2 amide bonds. The third-order valence-electron chi connectivity index (χ3n) is 9.64. The number of ether oxygens (including phenoxy) is 2. The maximum Gasteiger partial charge on any atom is 0.223 e. The van der Waals surface area contributed by atoms with E-state index in [9.17, 15) is 9.59 Å². The first-order valence-electron chi connectivity index (χ1n) is 17.8. The van der Waals surface area contributed by atoms with Crippen LogP contribution in [-0.2, 0) is 19.1 Å². The summed E-state index contributed by atoms with van der Waals surface area (Å²) in [4.78, 5) is 46.3. The Labute approximate surface area is 300 Å². The van der Waals surface area contributed by atoms with Gasteiger partial charge in [0.05, 0.1) is 43.2 Å². The monoisotopic (exact) mass is 702 g/mol. The molecule has 268 valence electrons. The smallest absolute Gasteiger partial charge is 0.223 e. The van der Waals surface area contributed by atoms with Gasteiger partial charge in [-0.05, 0) is 49.3 Å². The van der Waals surface area contributed by atoms with Gasteiger partial charge in [-0.15, -0.1) is 0 Å². The van der Waals surface area contributed by atoms with Crippen LogP contribution in [-0.4, -0.2) is 81.6 Å². The summed E-state index contributed by atoms with van der Waals surface area (Å²) >= 11 is 6.70. The van der Waals surface area contributed by atoms with Gasteiger partial charge >= 0.3 is 0 Å². The van der Waals surface area contributed by atoms with Crippen molar-refractivity contribution >= 4 is 23.4 Å². The Morgan fingerprint density at radius 1 is 0.940 bits per heavy atom. The zero-order valence-electron chi connectivity index (χ0n) is 30.2. The van der Waals surface area contributed by atoms with Gasteiger partial charge in [0, 0.05) is 45.1 Å². The molecule has 1 aliphatic heterocycles. The van der Waals surface area contributed by atoms with Crippen molar-refractivity contribution in [3.63, 3.8) is 0 Å². The van der Waals surface area contributed by atoms with E-state index in [1.807, 2.05) is 48.9 Å². The molecule has 1 saturated heterocycles. The Morgan fingerprint density at radius 2 is 1.58 bits per heavy atom. The zero-order valence-corrected chi connectivity index (χ0v) is 30.9. The number of benzene rings is 2. The first-order chi connectivity index (χ1) is 24.2. The van der Waals surface area contributed by atoms with Gasteiger partial charge in [-0.1, -0.05) is 80.9 Å². The van der Waals surface area contributed by atoms with Crippen LogP contribution < -0.4 is 0 Å². The molecule has 3 heterocycles. The number of aromatic nitrogens is 4. The molecule has 0 spiro atoms. The summed E-state index contributed by atoms with van der Waals surface area (Å²) < 4.78 is 10.9. The van der Waals surface area contributed by atoms with Gasteiger partial charge in [0.1, 0.15) is 22.5 Å². The number of hydrogen-bond acceptors (Lipinski definition) is 6. The SMILES string of the molecule is CCCC(=O)N1CC(COC)CC1c1nc(-c2ccc(-c3ccc(-c4cnc(C(C)N(C(=O)CCC)C(CC)COC)[nH]4)cc3)cc2)c(Cl)[nH]1. The molecule has 4 atom stereocenters. The maximum atomic E-state index is 13.1. The number of hydrogen-bond donors (Lipinski definition) is 2. The fourth-order valence-corrected chi connectivity index (χ4v) is 7.29. The van der Waals surface area contributed by atoms with E-state index in [4.69, 9.17) is 26.1 Å². The van der Waals surface area contributed by atoms with Gasteiger partial charge in [-0.25, -0.2) is 9.97 Å². The Balaban J connectivity index is 1.30. The van der Waals surface area contributed by atoms with E-state index in [1.54, 1.807) is 14.2 Å². The van der Waals surface area contributed by atoms with Crippen LogP contribution in [0, 0.1) is 5.92 Å². The van der Waals surface area contributed by atoms with Crippen LogP contribution >= 0.6 is 11.6 Å². The molecule has 50 heavy (non-hydrogen) atoms. The molecule has 10 nitrogen and oxygen atoms in total. The van der Waals surface area contributed by atoms with Crippen molar-refractivity contribution in [2.75, 3.05) is 34.0 Å². The summed E-state index contributed by atoms with van der Waals surface area (Å²) in [7, 11) is 3.37. The average Bonchev–Trinajstić information content (AvgIpc) is 3.87. The number of imidazole rings is 2. The first kappa shape index (κ1) is 37.3. The van der Waals surface area contributed by atoms with Crippen LogP contribution in [0.4, 0.5) is 0 Å². The van der Waals surface area contributed by atoms with Crippen molar-refractivity contribution in [1.82, 2.24) is 29.7 Å². The molecule has 2 N–H and O–H groups in total. The molecule has 1 fully saturated rings. The standard InChI is InChI=1S/C39H51ClN6O4/c1-7-10-34(47)45-22-26(23-49-5)20-33(45)39-43-36(37(40)44-39)30-18-14-28(15-19-30)27-12-16-29(17-13-27)32-21-41-38(42-32)25(4)46(35(48)11-8-2)31(9-3)24-50-6/h12-19,21,25-26,31,33H,7-11,20,22-24H2,1-6H3,(H,41,42)(H,43,44). The number of methoxy groups -OCH3 is 2. The summed E-state index contributed by atoms with van der Waals surface area (Å²) in [6, 6.07) is 16.1. The molecule has 1 aliphatic rings. The van der Waals surface area contributed by atoms with E-state index in [0.29, 0.717) is 49.3 Å². The highest BCUT2D eigenvalue weighted by molar-refractivity contribution is 6.31. The lowest BCUT2D eigenvalue weighted by Gasteiger charge is -2.35. The average molecular weight is 703 g/mol. The van der Waals surface area contributed by atoms with Crippen molar-refractivity contribution in [1.29, 1.82) is 0 Å². The van der Waals surface area contributed by atoms with Gasteiger partial charge in [0.2, 0.25) is 11.8 Å². The number of amides is 2. The number of carbonyl (C=O) groups is 2. The van der Waals surface area contributed by atoms with Crippen LogP contribution in [0.2, 0.25) is 5.15 Å². The molecule has 0 aliphatic carbocycles. The van der Waals surface area contributed by atoms with E-state index in [2.05, 4.69) is 58.3 Å². The molecule has 5 rings (SSSR count). The molecule has 0 radical (unpaired) electrons. The summed E-state index contributed by atoms with van der Waals surface area (Å²) in [5, 5.41) is 0.463. The molecule has 4 aromatic rings. The third kappa shape index (κ3) is 8.30. The van der Waals surface area contributed by atoms with Gasteiger partial charge in [0.25, 0.3) is 0 Å². The largest absolute Gasteiger partial charge is 0.384 e. The van der Waals surface area contributed by atoms with E-state index in [-0.39, 0.29) is 35.9 Å². The summed E-state index contributed by atoms with van der Waals surface area (Å²) in [6.07, 6.45) is 6.01. The molecule has 4 unspecified atom stereocenters.